The average molecular weight is 396 g/mol. The van der Waals surface area contributed by atoms with Gasteiger partial charge in [0, 0.05) is 17.0 Å². The SMILES string of the molecule is Cc1cc(C)c(/C=C2\C(=O)N(Cc3ccc(C(F)(F)F)cc3)c3ccccc32)[nH]1. The molecule has 1 aliphatic heterocycles. The molecule has 4 rings (SSSR count). The highest BCUT2D eigenvalue weighted by molar-refractivity contribution is 6.35. The molecular formula is C23H19F3N2O. The summed E-state index contributed by atoms with van der Waals surface area (Å²) in [5.74, 6) is -0.169. The van der Waals surface area contributed by atoms with Crippen LogP contribution in [0.4, 0.5) is 18.9 Å². The molecule has 1 aromatic heterocycles. The summed E-state index contributed by atoms with van der Waals surface area (Å²) >= 11 is 0. The number of hydrogen-bond acceptors (Lipinski definition) is 1. The Bertz CT molecular complexity index is 1110. The van der Waals surface area contributed by atoms with Crippen molar-refractivity contribution in [2.75, 3.05) is 4.90 Å². The van der Waals surface area contributed by atoms with Crippen molar-refractivity contribution >= 4 is 23.2 Å². The number of carbonyl (C=O) groups is 1. The van der Waals surface area contributed by atoms with Crippen molar-refractivity contribution in [1.29, 1.82) is 0 Å². The van der Waals surface area contributed by atoms with Crippen LogP contribution < -0.4 is 4.90 Å². The number of H-pyrrole nitrogens is 1. The number of alkyl halides is 3. The number of hydrogen-bond donors (Lipinski definition) is 1. The van der Waals surface area contributed by atoms with Gasteiger partial charge < -0.3 is 9.88 Å². The number of amides is 1. The van der Waals surface area contributed by atoms with E-state index in [1.807, 2.05) is 50.3 Å². The summed E-state index contributed by atoms with van der Waals surface area (Å²) in [5, 5.41) is 0. The lowest BCUT2D eigenvalue weighted by Gasteiger charge is -2.17. The fourth-order valence-corrected chi connectivity index (χ4v) is 3.63. The third kappa shape index (κ3) is 3.58. The van der Waals surface area contributed by atoms with Gasteiger partial charge in [-0.05, 0) is 55.3 Å². The van der Waals surface area contributed by atoms with E-state index in [4.69, 9.17) is 0 Å². The summed E-state index contributed by atoms with van der Waals surface area (Å²) in [6.07, 6.45) is -2.53. The first kappa shape index (κ1) is 19.1. The molecule has 0 atom stereocenters. The first-order valence-corrected chi connectivity index (χ1v) is 9.19. The van der Waals surface area contributed by atoms with Crippen LogP contribution >= 0.6 is 0 Å². The summed E-state index contributed by atoms with van der Waals surface area (Å²) in [6.45, 7) is 4.13. The summed E-state index contributed by atoms with van der Waals surface area (Å²) in [5.41, 5.74) is 4.99. The van der Waals surface area contributed by atoms with E-state index in [0.717, 1.165) is 40.3 Å². The minimum absolute atomic E-state index is 0.169. The Balaban J connectivity index is 1.69. The fourth-order valence-electron chi connectivity index (χ4n) is 3.63. The molecule has 2 aromatic carbocycles. The number of anilines is 1. The van der Waals surface area contributed by atoms with E-state index in [1.54, 1.807) is 4.90 Å². The number of benzene rings is 2. The molecule has 1 amide bonds. The van der Waals surface area contributed by atoms with E-state index in [2.05, 4.69) is 4.98 Å². The smallest absolute Gasteiger partial charge is 0.359 e. The van der Waals surface area contributed by atoms with Crippen molar-refractivity contribution < 1.29 is 18.0 Å². The minimum atomic E-state index is -4.38. The summed E-state index contributed by atoms with van der Waals surface area (Å²) in [6, 6.07) is 14.4. The van der Waals surface area contributed by atoms with Crippen LogP contribution in [0.5, 0.6) is 0 Å². The van der Waals surface area contributed by atoms with Crippen LogP contribution in [0.3, 0.4) is 0 Å². The Labute approximate surface area is 166 Å². The molecule has 0 bridgehead atoms. The van der Waals surface area contributed by atoms with Gasteiger partial charge in [-0.1, -0.05) is 30.3 Å². The number of aromatic amines is 1. The molecule has 0 saturated heterocycles. The van der Waals surface area contributed by atoms with E-state index < -0.39 is 11.7 Å². The van der Waals surface area contributed by atoms with Crippen LogP contribution in [0.2, 0.25) is 0 Å². The van der Waals surface area contributed by atoms with Crippen molar-refractivity contribution in [2.45, 2.75) is 26.6 Å². The van der Waals surface area contributed by atoms with Gasteiger partial charge >= 0.3 is 6.18 Å². The standard InChI is InChI=1S/C23H19F3N2O/c1-14-11-15(2)27-20(14)12-19-18-5-3-4-6-21(18)28(22(19)29)13-16-7-9-17(10-8-16)23(24,25)26/h3-12,27H,13H2,1-2H3/b19-12-. The zero-order valence-corrected chi connectivity index (χ0v) is 16.0. The lowest BCUT2D eigenvalue weighted by molar-refractivity contribution is -0.137. The molecular weight excluding hydrogens is 377 g/mol. The highest BCUT2D eigenvalue weighted by atomic mass is 19.4. The van der Waals surface area contributed by atoms with E-state index in [1.165, 1.54) is 12.1 Å². The predicted octanol–water partition coefficient (Wildman–Crippen LogP) is 5.74. The molecule has 0 unspecified atom stereocenters. The van der Waals surface area contributed by atoms with Crippen LogP contribution in [0, 0.1) is 13.8 Å². The van der Waals surface area contributed by atoms with Crippen LogP contribution in [0.25, 0.3) is 11.6 Å². The van der Waals surface area contributed by atoms with Crippen LogP contribution in [-0.4, -0.2) is 10.9 Å². The van der Waals surface area contributed by atoms with Crippen molar-refractivity contribution in [1.82, 2.24) is 4.98 Å². The number of carbonyl (C=O) groups excluding carboxylic acids is 1. The van der Waals surface area contributed by atoms with Crippen molar-refractivity contribution in [3.05, 3.63) is 88.2 Å². The number of fused-ring (bicyclic) bond motifs is 1. The maximum atomic E-state index is 13.2. The van der Waals surface area contributed by atoms with E-state index in [-0.39, 0.29) is 12.5 Å². The molecule has 1 aliphatic rings. The molecule has 29 heavy (non-hydrogen) atoms. The topological polar surface area (TPSA) is 36.1 Å². The second kappa shape index (κ2) is 6.95. The minimum Gasteiger partial charge on any atom is -0.359 e. The monoisotopic (exact) mass is 396 g/mol. The average Bonchev–Trinajstić information content (AvgIpc) is 3.12. The van der Waals surface area contributed by atoms with Gasteiger partial charge in [0.2, 0.25) is 0 Å². The Morgan fingerprint density at radius 3 is 2.34 bits per heavy atom. The Morgan fingerprint density at radius 2 is 1.72 bits per heavy atom. The quantitative estimate of drug-likeness (QED) is 0.563. The molecule has 0 fully saturated rings. The summed E-state index contributed by atoms with van der Waals surface area (Å²) in [7, 11) is 0. The predicted molar refractivity (Wildman–Crippen MR) is 107 cm³/mol. The number of nitrogens with one attached hydrogen (secondary N) is 1. The van der Waals surface area contributed by atoms with Gasteiger partial charge in [-0.3, -0.25) is 4.79 Å². The highest BCUT2D eigenvalue weighted by Crippen LogP contribution is 2.39. The molecule has 3 nitrogen and oxygen atoms in total. The first-order chi connectivity index (χ1) is 13.7. The number of halogens is 3. The van der Waals surface area contributed by atoms with Gasteiger partial charge in [-0.25, -0.2) is 0 Å². The molecule has 6 heteroatoms. The lowest BCUT2D eigenvalue weighted by atomic mass is 10.1. The molecule has 2 heterocycles. The largest absolute Gasteiger partial charge is 0.416 e. The zero-order valence-electron chi connectivity index (χ0n) is 16.0. The Hall–Kier alpha value is -3.28. The van der Waals surface area contributed by atoms with E-state index in [0.29, 0.717) is 11.1 Å². The van der Waals surface area contributed by atoms with Crippen molar-refractivity contribution in [3.63, 3.8) is 0 Å². The number of nitrogens with zero attached hydrogens (tertiary/aromatic N) is 1. The molecule has 0 saturated carbocycles. The summed E-state index contributed by atoms with van der Waals surface area (Å²) in [4.78, 5) is 18.0. The van der Waals surface area contributed by atoms with Crippen LogP contribution in [0.1, 0.15) is 33.6 Å². The van der Waals surface area contributed by atoms with E-state index >= 15 is 0 Å². The third-order valence-electron chi connectivity index (χ3n) is 5.06. The van der Waals surface area contributed by atoms with Crippen LogP contribution in [-0.2, 0) is 17.5 Å². The molecule has 0 aliphatic carbocycles. The normalized spacial score (nSPS) is 15.3. The van der Waals surface area contributed by atoms with Gasteiger partial charge in [0.25, 0.3) is 5.91 Å². The van der Waals surface area contributed by atoms with Gasteiger partial charge in [-0.2, -0.15) is 13.2 Å². The molecule has 3 aromatic rings. The molecule has 0 radical (unpaired) electrons. The van der Waals surface area contributed by atoms with Crippen LogP contribution in [0.15, 0.2) is 54.6 Å². The number of aryl methyl sites for hydroxylation is 2. The van der Waals surface area contributed by atoms with E-state index in [9.17, 15) is 18.0 Å². The lowest BCUT2D eigenvalue weighted by Crippen LogP contribution is -2.25. The van der Waals surface area contributed by atoms with Gasteiger partial charge in [-0.15, -0.1) is 0 Å². The second-order valence-corrected chi connectivity index (χ2v) is 7.21. The number of rotatable bonds is 3. The Morgan fingerprint density at radius 1 is 1.03 bits per heavy atom. The maximum absolute atomic E-state index is 13.2. The molecule has 1 N–H and O–H groups in total. The Kier molecular flexibility index (Phi) is 4.57. The first-order valence-electron chi connectivity index (χ1n) is 9.19. The molecule has 0 spiro atoms. The van der Waals surface area contributed by atoms with Crippen molar-refractivity contribution in [2.24, 2.45) is 0 Å². The van der Waals surface area contributed by atoms with Gasteiger partial charge in [0.1, 0.15) is 0 Å². The van der Waals surface area contributed by atoms with Crippen molar-refractivity contribution in [3.8, 4) is 0 Å². The maximum Gasteiger partial charge on any atom is 0.416 e. The van der Waals surface area contributed by atoms with Gasteiger partial charge in [0.15, 0.2) is 0 Å². The third-order valence-corrected chi connectivity index (χ3v) is 5.06. The second-order valence-electron chi connectivity index (χ2n) is 7.21. The zero-order chi connectivity index (χ0) is 20.8. The molecule has 148 valence electrons. The fraction of sp³-hybridized carbons (Fsp3) is 0.174. The highest BCUT2D eigenvalue weighted by Gasteiger charge is 2.33. The summed E-state index contributed by atoms with van der Waals surface area (Å²) < 4.78 is 38.4. The van der Waals surface area contributed by atoms with Gasteiger partial charge in [0.05, 0.1) is 23.4 Å². The number of aromatic nitrogens is 1. The number of para-hydroxylation sites is 1.